The van der Waals surface area contributed by atoms with Gasteiger partial charge in [0.25, 0.3) is 10.1 Å². The molecule has 2 aromatic rings. The fourth-order valence-corrected chi connectivity index (χ4v) is 3.13. The van der Waals surface area contributed by atoms with Crippen molar-refractivity contribution in [3.8, 4) is 0 Å². The molecule has 0 aliphatic rings. The lowest BCUT2D eigenvalue weighted by molar-refractivity contribution is 0.444. The SMILES string of the molecule is CC(C)C(CCCS(=O)(=O)O)c1ccc2ccccc2n1. The molecule has 4 nitrogen and oxygen atoms in total. The Morgan fingerprint density at radius 2 is 1.86 bits per heavy atom. The molecule has 21 heavy (non-hydrogen) atoms. The van der Waals surface area contributed by atoms with Crippen LogP contribution in [0.2, 0.25) is 0 Å². The summed E-state index contributed by atoms with van der Waals surface area (Å²) in [6, 6.07) is 12.0. The van der Waals surface area contributed by atoms with E-state index in [-0.39, 0.29) is 11.7 Å². The van der Waals surface area contributed by atoms with E-state index in [2.05, 4.69) is 19.9 Å². The van der Waals surface area contributed by atoms with E-state index in [1.807, 2.05) is 30.3 Å². The second kappa shape index (κ2) is 6.54. The molecule has 2 rings (SSSR count). The van der Waals surface area contributed by atoms with Crippen LogP contribution in [0.4, 0.5) is 0 Å². The maximum atomic E-state index is 10.8. The Labute approximate surface area is 126 Å². The molecular formula is C16H21NO3S. The molecule has 0 aliphatic heterocycles. The largest absolute Gasteiger partial charge is 0.286 e. The third-order valence-corrected chi connectivity index (χ3v) is 4.53. The highest BCUT2D eigenvalue weighted by atomic mass is 32.2. The molecule has 1 N–H and O–H groups in total. The highest BCUT2D eigenvalue weighted by molar-refractivity contribution is 7.85. The fraction of sp³-hybridized carbons (Fsp3) is 0.438. The third-order valence-electron chi connectivity index (χ3n) is 3.72. The van der Waals surface area contributed by atoms with Crippen LogP contribution in [0.3, 0.4) is 0 Å². The van der Waals surface area contributed by atoms with Gasteiger partial charge in [-0.3, -0.25) is 9.54 Å². The number of nitrogens with zero attached hydrogens (tertiary/aromatic N) is 1. The molecule has 0 aliphatic carbocycles. The highest BCUT2D eigenvalue weighted by Gasteiger charge is 2.18. The molecule has 0 bridgehead atoms. The van der Waals surface area contributed by atoms with Gasteiger partial charge in [0, 0.05) is 17.0 Å². The van der Waals surface area contributed by atoms with Gasteiger partial charge in [0.1, 0.15) is 0 Å². The lowest BCUT2D eigenvalue weighted by Crippen LogP contribution is -2.12. The van der Waals surface area contributed by atoms with Gasteiger partial charge >= 0.3 is 0 Å². The summed E-state index contributed by atoms with van der Waals surface area (Å²) >= 11 is 0. The fourth-order valence-electron chi connectivity index (χ4n) is 2.60. The van der Waals surface area contributed by atoms with E-state index in [0.29, 0.717) is 18.8 Å². The Morgan fingerprint density at radius 1 is 1.14 bits per heavy atom. The van der Waals surface area contributed by atoms with Crippen molar-refractivity contribution >= 4 is 21.0 Å². The van der Waals surface area contributed by atoms with Crippen LogP contribution in [0, 0.1) is 5.92 Å². The minimum absolute atomic E-state index is 0.191. The summed E-state index contributed by atoms with van der Waals surface area (Å²) in [6.07, 6.45) is 1.14. The van der Waals surface area contributed by atoms with E-state index in [4.69, 9.17) is 9.54 Å². The predicted molar refractivity (Wildman–Crippen MR) is 85.0 cm³/mol. The molecule has 5 heteroatoms. The summed E-state index contributed by atoms with van der Waals surface area (Å²) in [5, 5.41) is 1.10. The van der Waals surface area contributed by atoms with Crippen molar-refractivity contribution < 1.29 is 13.0 Å². The van der Waals surface area contributed by atoms with Crippen LogP contribution in [0.15, 0.2) is 36.4 Å². The van der Waals surface area contributed by atoms with Crippen LogP contribution in [-0.4, -0.2) is 23.7 Å². The minimum atomic E-state index is -3.88. The Morgan fingerprint density at radius 3 is 2.52 bits per heavy atom. The number of fused-ring (bicyclic) bond motifs is 1. The summed E-state index contributed by atoms with van der Waals surface area (Å²) in [5.74, 6) is 0.362. The van der Waals surface area contributed by atoms with E-state index in [0.717, 1.165) is 16.6 Å². The van der Waals surface area contributed by atoms with Gasteiger partial charge < -0.3 is 0 Å². The zero-order valence-electron chi connectivity index (χ0n) is 12.4. The van der Waals surface area contributed by atoms with Crippen LogP contribution in [-0.2, 0) is 10.1 Å². The first-order valence-corrected chi connectivity index (χ1v) is 8.78. The number of pyridine rings is 1. The Bertz CT molecular complexity index is 710. The van der Waals surface area contributed by atoms with Crippen molar-refractivity contribution in [2.24, 2.45) is 5.92 Å². The van der Waals surface area contributed by atoms with Gasteiger partial charge in [-0.05, 0) is 30.9 Å². The highest BCUT2D eigenvalue weighted by Crippen LogP contribution is 2.29. The molecule has 1 atom stereocenters. The zero-order chi connectivity index (χ0) is 15.5. The van der Waals surface area contributed by atoms with Gasteiger partial charge in [-0.2, -0.15) is 8.42 Å². The molecule has 114 valence electrons. The number of hydrogen-bond donors (Lipinski definition) is 1. The molecule has 1 unspecified atom stereocenters. The second-order valence-electron chi connectivity index (χ2n) is 5.71. The molecule has 0 fully saturated rings. The standard InChI is InChI=1S/C16H21NO3S/c1-12(2)14(7-5-11-21(18,19)20)16-10-9-13-6-3-4-8-15(13)17-16/h3-4,6,8-10,12,14H,5,7,11H2,1-2H3,(H,18,19,20). The maximum Gasteiger partial charge on any atom is 0.264 e. The molecule has 0 saturated carbocycles. The Kier molecular flexibility index (Phi) is 4.96. The topological polar surface area (TPSA) is 67.3 Å². The van der Waals surface area contributed by atoms with Crippen molar-refractivity contribution in [1.82, 2.24) is 4.98 Å². The first-order valence-electron chi connectivity index (χ1n) is 7.17. The summed E-state index contributed by atoms with van der Waals surface area (Å²) < 4.78 is 30.5. The average Bonchev–Trinajstić information content (AvgIpc) is 2.41. The number of aromatic nitrogens is 1. The summed E-state index contributed by atoms with van der Waals surface area (Å²) in [5.41, 5.74) is 1.94. The molecule has 0 radical (unpaired) electrons. The first kappa shape index (κ1) is 15.9. The van der Waals surface area contributed by atoms with Gasteiger partial charge in [0.05, 0.1) is 11.3 Å². The van der Waals surface area contributed by atoms with Crippen molar-refractivity contribution in [3.05, 3.63) is 42.1 Å². The number of benzene rings is 1. The number of rotatable bonds is 6. The molecular weight excluding hydrogens is 286 g/mol. The van der Waals surface area contributed by atoms with Crippen LogP contribution in [0.1, 0.15) is 38.3 Å². The molecule has 1 heterocycles. The maximum absolute atomic E-state index is 10.8. The van der Waals surface area contributed by atoms with Crippen LogP contribution in [0.5, 0.6) is 0 Å². The first-order chi connectivity index (χ1) is 9.87. The number of hydrogen-bond acceptors (Lipinski definition) is 3. The predicted octanol–water partition coefficient (Wildman–Crippen LogP) is 3.64. The monoisotopic (exact) mass is 307 g/mol. The van der Waals surface area contributed by atoms with Gasteiger partial charge in [-0.25, -0.2) is 0 Å². The summed E-state index contributed by atoms with van der Waals surface area (Å²) in [4.78, 5) is 4.70. The molecule has 0 spiro atoms. The molecule has 0 saturated heterocycles. The lowest BCUT2D eigenvalue weighted by Gasteiger charge is -2.20. The zero-order valence-corrected chi connectivity index (χ0v) is 13.2. The van der Waals surface area contributed by atoms with Crippen molar-refractivity contribution in [3.63, 3.8) is 0 Å². The van der Waals surface area contributed by atoms with E-state index in [1.54, 1.807) is 0 Å². The van der Waals surface area contributed by atoms with E-state index in [9.17, 15) is 8.42 Å². The second-order valence-corrected chi connectivity index (χ2v) is 7.28. The number of para-hydroxylation sites is 1. The summed E-state index contributed by atoms with van der Waals surface area (Å²) in [7, 11) is -3.88. The quantitative estimate of drug-likeness (QED) is 0.827. The Hall–Kier alpha value is -1.46. The van der Waals surface area contributed by atoms with Gasteiger partial charge in [-0.1, -0.05) is 38.1 Å². The van der Waals surface area contributed by atoms with E-state index < -0.39 is 10.1 Å². The van der Waals surface area contributed by atoms with E-state index >= 15 is 0 Å². The van der Waals surface area contributed by atoms with Crippen molar-refractivity contribution in [2.75, 3.05) is 5.75 Å². The van der Waals surface area contributed by atoms with Gasteiger partial charge in [-0.15, -0.1) is 0 Å². The van der Waals surface area contributed by atoms with Crippen LogP contribution in [0.25, 0.3) is 10.9 Å². The minimum Gasteiger partial charge on any atom is -0.286 e. The third kappa shape index (κ3) is 4.51. The van der Waals surface area contributed by atoms with Crippen molar-refractivity contribution in [1.29, 1.82) is 0 Å². The smallest absolute Gasteiger partial charge is 0.264 e. The van der Waals surface area contributed by atoms with Crippen molar-refractivity contribution in [2.45, 2.75) is 32.6 Å². The molecule has 1 aromatic heterocycles. The summed E-state index contributed by atoms with van der Waals surface area (Å²) in [6.45, 7) is 4.21. The molecule has 0 amide bonds. The van der Waals surface area contributed by atoms with Crippen LogP contribution < -0.4 is 0 Å². The van der Waals surface area contributed by atoms with Gasteiger partial charge in [0.15, 0.2) is 0 Å². The van der Waals surface area contributed by atoms with Gasteiger partial charge in [0.2, 0.25) is 0 Å². The lowest BCUT2D eigenvalue weighted by atomic mass is 9.88. The van der Waals surface area contributed by atoms with E-state index in [1.165, 1.54) is 0 Å². The van der Waals surface area contributed by atoms with Crippen LogP contribution >= 0.6 is 0 Å². The molecule has 1 aromatic carbocycles. The normalized spacial score (nSPS) is 13.7. The Balaban J connectivity index is 2.19. The average molecular weight is 307 g/mol.